The van der Waals surface area contributed by atoms with Gasteiger partial charge in [-0.2, -0.15) is 5.10 Å². The van der Waals surface area contributed by atoms with Gasteiger partial charge in [-0.05, 0) is 50.9 Å². The molecule has 2 aromatic rings. The molecule has 4 heteroatoms. The third-order valence-electron chi connectivity index (χ3n) is 3.83. The van der Waals surface area contributed by atoms with Gasteiger partial charge in [0.05, 0.1) is 12.2 Å². The Balaban J connectivity index is 2.19. The zero-order valence-electron chi connectivity index (χ0n) is 13.2. The minimum absolute atomic E-state index is 0.890. The van der Waals surface area contributed by atoms with Gasteiger partial charge in [0.25, 0.3) is 0 Å². The van der Waals surface area contributed by atoms with E-state index in [4.69, 9.17) is 5.10 Å². The Labute approximate surface area is 126 Å². The minimum Gasteiger partial charge on any atom is -0.312 e. The van der Waals surface area contributed by atoms with Crippen molar-refractivity contribution in [2.45, 2.75) is 54.1 Å². The molecular formula is C16H25N3S. The third-order valence-corrected chi connectivity index (χ3v) is 4.92. The number of aromatic nitrogens is 2. The second-order valence-electron chi connectivity index (χ2n) is 5.24. The minimum atomic E-state index is 0.890. The van der Waals surface area contributed by atoms with Crippen molar-refractivity contribution >= 4 is 11.3 Å². The molecule has 0 saturated carbocycles. The van der Waals surface area contributed by atoms with Crippen LogP contribution in [0.4, 0.5) is 0 Å². The standard InChI is InChI=1S/C16H25N3S/c1-6-16-11(3)18-19(12(16)4)10-14-8-15(9-17-7-2)20-13(14)5/h8,17H,6-7,9-10H2,1-5H3. The van der Waals surface area contributed by atoms with Crippen LogP contribution in [0, 0.1) is 20.8 Å². The van der Waals surface area contributed by atoms with Gasteiger partial charge in [0.1, 0.15) is 0 Å². The summed E-state index contributed by atoms with van der Waals surface area (Å²) in [5.74, 6) is 0. The maximum atomic E-state index is 4.69. The zero-order chi connectivity index (χ0) is 14.7. The first-order valence-electron chi connectivity index (χ1n) is 7.38. The molecule has 2 heterocycles. The molecule has 0 aliphatic rings. The monoisotopic (exact) mass is 291 g/mol. The summed E-state index contributed by atoms with van der Waals surface area (Å²) in [6.45, 7) is 13.7. The number of thiophene rings is 1. The summed E-state index contributed by atoms with van der Waals surface area (Å²) >= 11 is 1.89. The van der Waals surface area contributed by atoms with E-state index in [0.717, 1.165) is 26.1 Å². The van der Waals surface area contributed by atoms with Crippen LogP contribution in [-0.4, -0.2) is 16.3 Å². The highest BCUT2D eigenvalue weighted by molar-refractivity contribution is 7.12. The molecule has 0 bridgehead atoms. The van der Waals surface area contributed by atoms with Crippen molar-refractivity contribution in [3.8, 4) is 0 Å². The van der Waals surface area contributed by atoms with Crippen LogP contribution in [0.3, 0.4) is 0 Å². The van der Waals surface area contributed by atoms with E-state index in [1.54, 1.807) is 0 Å². The van der Waals surface area contributed by atoms with Gasteiger partial charge in [-0.15, -0.1) is 11.3 Å². The van der Waals surface area contributed by atoms with E-state index in [1.165, 1.54) is 32.3 Å². The summed E-state index contributed by atoms with van der Waals surface area (Å²) in [6.07, 6.45) is 1.06. The van der Waals surface area contributed by atoms with Crippen LogP contribution >= 0.6 is 11.3 Å². The van der Waals surface area contributed by atoms with Crippen LogP contribution in [-0.2, 0) is 19.5 Å². The molecule has 0 unspecified atom stereocenters. The van der Waals surface area contributed by atoms with Gasteiger partial charge in [-0.3, -0.25) is 4.68 Å². The second kappa shape index (κ2) is 6.55. The van der Waals surface area contributed by atoms with E-state index in [1.807, 2.05) is 11.3 Å². The number of nitrogens with one attached hydrogen (secondary N) is 1. The predicted molar refractivity (Wildman–Crippen MR) is 86.6 cm³/mol. The van der Waals surface area contributed by atoms with E-state index < -0.39 is 0 Å². The Morgan fingerprint density at radius 3 is 2.60 bits per heavy atom. The van der Waals surface area contributed by atoms with E-state index in [-0.39, 0.29) is 0 Å². The lowest BCUT2D eigenvalue weighted by atomic mass is 10.1. The summed E-state index contributed by atoms with van der Waals surface area (Å²) < 4.78 is 2.15. The summed E-state index contributed by atoms with van der Waals surface area (Å²) in [5, 5.41) is 8.09. The lowest BCUT2D eigenvalue weighted by Gasteiger charge is -2.04. The lowest BCUT2D eigenvalue weighted by Crippen LogP contribution is -2.10. The van der Waals surface area contributed by atoms with Gasteiger partial charge in [-0.1, -0.05) is 13.8 Å². The molecule has 0 amide bonds. The summed E-state index contributed by atoms with van der Waals surface area (Å²) in [6, 6.07) is 2.32. The van der Waals surface area contributed by atoms with Crippen LogP contribution < -0.4 is 5.32 Å². The number of rotatable bonds is 6. The van der Waals surface area contributed by atoms with Gasteiger partial charge >= 0.3 is 0 Å². The molecule has 0 aromatic carbocycles. The van der Waals surface area contributed by atoms with Crippen LogP contribution in [0.1, 0.15) is 46.1 Å². The normalized spacial score (nSPS) is 11.2. The molecular weight excluding hydrogens is 266 g/mol. The summed E-state index contributed by atoms with van der Waals surface area (Å²) in [7, 11) is 0. The van der Waals surface area contributed by atoms with E-state index in [9.17, 15) is 0 Å². The van der Waals surface area contributed by atoms with Crippen LogP contribution in [0.15, 0.2) is 6.07 Å². The van der Waals surface area contributed by atoms with Gasteiger partial charge in [0, 0.05) is 22.0 Å². The maximum absolute atomic E-state index is 4.69. The Morgan fingerprint density at radius 1 is 1.25 bits per heavy atom. The molecule has 1 N–H and O–H groups in total. The summed E-state index contributed by atoms with van der Waals surface area (Å²) in [4.78, 5) is 2.82. The number of hydrogen-bond acceptors (Lipinski definition) is 3. The predicted octanol–water partition coefficient (Wildman–Crippen LogP) is 3.59. The average Bonchev–Trinajstić information content (AvgIpc) is 2.89. The Kier molecular flexibility index (Phi) is 5.00. The SMILES string of the molecule is CCNCc1cc(Cn2nc(C)c(CC)c2C)c(C)s1. The Morgan fingerprint density at radius 2 is 2.00 bits per heavy atom. The molecule has 0 aliphatic heterocycles. The quantitative estimate of drug-likeness (QED) is 0.881. The van der Waals surface area contributed by atoms with Gasteiger partial charge in [0.2, 0.25) is 0 Å². The van der Waals surface area contributed by atoms with Crippen molar-refractivity contribution in [2.24, 2.45) is 0 Å². The molecule has 2 aromatic heterocycles. The first kappa shape index (κ1) is 15.3. The van der Waals surface area contributed by atoms with Gasteiger partial charge in [0.15, 0.2) is 0 Å². The smallest absolute Gasteiger partial charge is 0.0673 e. The van der Waals surface area contributed by atoms with Gasteiger partial charge in [-0.25, -0.2) is 0 Å². The van der Waals surface area contributed by atoms with Crippen molar-refractivity contribution in [3.63, 3.8) is 0 Å². The fourth-order valence-corrected chi connectivity index (χ4v) is 3.66. The average molecular weight is 291 g/mol. The number of hydrogen-bond donors (Lipinski definition) is 1. The molecule has 0 spiro atoms. The third kappa shape index (κ3) is 3.13. The molecule has 0 radical (unpaired) electrons. The highest BCUT2D eigenvalue weighted by atomic mass is 32.1. The molecule has 2 rings (SSSR count). The van der Waals surface area contributed by atoms with Crippen molar-refractivity contribution in [1.29, 1.82) is 0 Å². The lowest BCUT2D eigenvalue weighted by molar-refractivity contribution is 0.656. The largest absolute Gasteiger partial charge is 0.312 e. The molecule has 0 saturated heterocycles. The first-order chi connectivity index (χ1) is 9.56. The van der Waals surface area contributed by atoms with Crippen molar-refractivity contribution in [1.82, 2.24) is 15.1 Å². The highest BCUT2D eigenvalue weighted by Crippen LogP contribution is 2.23. The molecule has 3 nitrogen and oxygen atoms in total. The van der Waals surface area contributed by atoms with E-state index >= 15 is 0 Å². The zero-order valence-corrected chi connectivity index (χ0v) is 14.0. The fraction of sp³-hybridized carbons (Fsp3) is 0.562. The fourth-order valence-electron chi connectivity index (χ4n) is 2.64. The first-order valence-corrected chi connectivity index (χ1v) is 8.20. The molecule has 0 atom stereocenters. The number of aryl methyl sites for hydroxylation is 2. The Bertz CT molecular complexity index is 581. The van der Waals surface area contributed by atoms with Crippen molar-refractivity contribution in [3.05, 3.63) is 38.3 Å². The van der Waals surface area contributed by atoms with Crippen molar-refractivity contribution < 1.29 is 0 Å². The summed E-state index contributed by atoms with van der Waals surface area (Å²) in [5.41, 5.74) is 5.27. The Hall–Kier alpha value is -1.13. The maximum Gasteiger partial charge on any atom is 0.0673 e. The molecule has 110 valence electrons. The van der Waals surface area contributed by atoms with E-state index in [2.05, 4.69) is 50.7 Å². The van der Waals surface area contributed by atoms with Gasteiger partial charge < -0.3 is 5.32 Å². The molecule has 0 aliphatic carbocycles. The topological polar surface area (TPSA) is 29.9 Å². The second-order valence-corrected chi connectivity index (χ2v) is 6.58. The van der Waals surface area contributed by atoms with Crippen molar-refractivity contribution in [2.75, 3.05) is 6.54 Å². The van der Waals surface area contributed by atoms with Crippen LogP contribution in [0.5, 0.6) is 0 Å². The molecule has 0 fully saturated rings. The van der Waals surface area contributed by atoms with Crippen LogP contribution in [0.25, 0.3) is 0 Å². The highest BCUT2D eigenvalue weighted by Gasteiger charge is 2.12. The van der Waals surface area contributed by atoms with Crippen LogP contribution in [0.2, 0.25) is 0 Å². The van der Waals surface area contributed by atoms with E-state index in [0.29, 0.717) is 0 Å². The number of nitrogens with zero attached hydrogens (tertiary/aromatic N) is 2. The molecule has 20 heavy (non-hydrogen) atoms.